The smallest absolute Gasteiger partial charge is 0.235 e. The van der Waals surface area contributed by atoms with Gasteiger partial charge in [-0.2, -0.15) is 0 Å². The fourth-order valence-electron chi connectivity index (χ4n) is 5.98. The summed E-state index contributed by atoms with van der Waals surface area (Å²) in [5, 5.41) is 21.9. The molecule has 2 saturated carbocycles. The van der Waals surface area contributed by atoms with Crippen LogP contribution in [-0.4, -0.2) is 49.8 Å². The van der Waals surface area contributed by atoms with E-state index < -0.39 is 64.2 Å². The number of hydrogen-bond donors (Lipinski definition) is 3. The fourth-order valence-corrected chi connectivity index (χ4v) is 5.98. The second-order valence-corrected chi connectivity index (χ2v) is 9.62. The van der Waals surface area contributed by atoms with Crippen LogP contribution in [0.5, 0.6) is 5.75 Å². The number of ketones is 4. The summed E-state index contributed by atoms with van der Waals surface area (Å²) >= 11 is 0. The maximum atomic E-state index is 13.6. The van der Waals surface area contributed by atoms with Crippen LogP contribution in [0.3, 0.4) is 0 Å². The first kappa shape index (κ1) is 23.6. The van der Waals surface area contributed by atoms with E-state index in [-0.39, 0.29) is 24.2 Å². The summed E-state index contributed by atoms with van der Waals surface area (Å²) in [7, 11) is 0. The Hall–Kier alpha value is -4.16. The van der Waals surface area contributed by atoms with E-state index in [4.69, 9.17) is 5.73 Å². The Balaban J connectivity index is 1.60. The van der Waals surface area contributed by atoms with Gasteiger partial charge in [0.25, 0.3) is 0 Å². The maximum Gasteiger partial charge on any atom is 0.235 e. The molecule has 3 aliphatic carbocycles. The molecule has 4 N–H and O–H groups in total. The highest BCUT2D eigenvalue weighted by Crippen LogP contribution is 2.51. The molecule has 182 valence electrons. The van der Waals surface area contributed by atoms with Gasteiger partial charge in [0.2, 0.25) is 5.91 Å². The van der Waals surface area contributed by atoms with Crippen molar-refractivity contribution < 1.29 is 34.2 Å². The van der Waals surface area contributed by atoms with Crippen LogP contribution in [0, 0.1) is 41.4 Å². The number of hydrogen-bond acceptors (Lipinski definition) is 8. The first-order valence-electron chi connectivity index (χ1n) is 11.5. The minimum Gasteiger partial charge on any atom is -0.507 e. The molecule has 3 aliphatic rings. The van der Waals surface area contributed by atoms with Crippen LogP contribution in [0.4, 0.5) is 0 Å². The van der Waals surface area contributed by atoms with Gasteiger partial charge in [-0.05, 0) is 54.5 Å². The van der Waals surface area contributed by atoms with Gasteiger partial charge in [-0.1, -0.05) is 18.9 Å². The number of aromatic hydroxyl groups is 1. The number of carbonyl (C=O) groups is 5. The summed E-state index contributed by atoms with van der Waals surface area (Å²) in [6.45, 7) is 1.45. The number of fused-ring (bicyclic) bond motifs is 3. The van der Waals surface area contributed by atoms with Crippen LogP contribution in [0.1, 0.15) is 40.5 Å². The lowest BCUT2D eigenvalue weighted by Crippen LogP contribution is -2.70. The summed E-state index contributed by atoms with van der Waals surface area (Å²) in [6.07, 6.45) is 1.78. The van der Waals surface area contributed by atoms with Gasteiger partial charge in [-0.15, -0.1) is 0 Å². The number of nitrogens with zero attached hydrogens (tertiary/aromatic N) is 1. The zero-order valence-electron chi connectivity index (χ0n) is 19.2. The molecule has 2 fully saturated rings. The summed E-state index contributed by atoms with van der Waals surface area (Å²) in [5.74, 6) is -5.59. The molecule has 1 aromatic carbocycles. The number of aromatic nitrogens is 1. The van der Waals surface area contributed by atoms with E-state index in [1.165, 1.54) is 13.0 Å². The number of phenolic OH excluding ortho intramolecular Hbond substituents is 1. The van der Waals surface area contributed by atoms with Crippen LogP contribution in [0.15, 0.2) is 36.5 Å². The molecule has 1 heterocycles. The molecule has 9 heteroatoms. The molecular weight excluding hydrogens is 464 g/mol. The fraction of sp³-hybridized carbons (Fsp3) is 0.333. The number of phenols is 1. The molecule has 1 amide bonds. The van der Waals surface area contributed by atoms with E-state index in [9.17, 15) is 34.2 Å². The number of benzene rings is 1. The largest absolute Gasteiger partial charge is 0.507 e. The van der Waals surface area contributed by atoms with Crippen molar-refractivity contribution in [2.24, 2.45) is 35.3 Å². The van der Waals surface area contributed by atoms with Crippen LogP contribution >= 0.6 is 0 Å². The van der Waals surface area contributed by atoms with Crippen molar-refractivity contribution in [3.63, 3.8) is 0 Å². The quantitative estimate of drug-likeness (QED) is 0.384. The van der Waals surface area contributed by atoms with Crippen molar-refractivity contribution in [2.75, 3.05) is 0 Å². The third kappa shape index (κ3) is 3.22. The number of primary amides is 1. The van der Waals surface area contributed by atoms with Crippen molar-refractivity contribution in [1.82, 2.24) is 4.98 Å². The van der Waals surface area contributed by atoms with E-state index in [0.29, 0.717) is 16.8 Å². The zero-order chi connectivity index (χ0) is 25.9. The standard InChI is InChI=1S/C27H22N2O7/c1-12-17-11-14-10-16-13(5-7-15-4-2-3-9-29-15)6-8-18(30)20(16)23(32)19(14)24(33)27(17,36)25(34)21(22(12)31)26(28)35/h2-4,6,8-9,12,14,17,19,21,30,36H,10-11H2,1H3,(H2,28,35)/t12-,14-,17-,19?,21?,27-/m0/s1. The van der Waals surface area contributed by atoms with E-state index in [0.717, 1.165) is 0 Å². The predicted molar refractivity (Wildman–Crippen MR) is 123 cm³/mol. The molecule has 36 heavy (non-hydrogen) atoms. The molecule has 5 rings (SSSR count). The molecule has 9 nitrogen and oxygen atoms in total. The van der Waals surface area contributed by atoms with Gasteiger partial charge in [-0.3, -0.25) is 24.0 Å². The first-order valence-corrected chi connectivity index (χ1v) is 11.5. The van der Waals surface area contributed by atoms with Crippen LogP contribution in [0.2, 0.25) is 0 Å². The van der Waals surface area contributed by atoms with Crippen molar-refractivity contribution in [1.29, 1.82) is 0 Å². The van der Waals surface area contributed by atoms with Gasteiger partial charge in [-0.25, -0.2) is 4.98 Å². The third-order valence-corrected chi connectivity index (χ3v) is 7.76. The number of amides is 1. The Morgan fingerprint density at radius 2 is 1.86 bits per heavy atom. The van der Waals surface area contributed by atoms with E-state index in [1.54, 1.807) is 30.5 Å². The molecular formula is C27H22N2O7. The maximum absolute atomic E-state index is 13.6. The summed E-state index contributed by atoms with van der Waals surface area (Å²) in [4.78, 5) is 69.0. The van der Waals surface area contributed by atoms with E-state index in [2.05, 4.69) is 16.8 Å². The van der Waals surface area contributed by atoms with Gasteiger partial charge >= 0.3 is 0 Å². The Bertz CT molecular complexity index is 1420. The van der Waals surface area contributed by atoms with Gasteiger partial charge in [0.15, 0.2) is 34.7 Å². The van der Waals surface area contributed by atoms with Gasteiger partial charge in [0, 0.05) is 23.6 Å². The lowest BCUT2D eigenvalue weighted by atomic mass is 9.51. The zero-order valence-corrected chi connectivity index (χ0v) is 19.2. The number of rotatable bonds is 1. The SMILES string of the molecule is C[C@@H]1C(=O)C(C(N)=O)C(=O)[C@@]2(O)C(=O)C3C(=O)c4c(O)ccc(C#Cc5ccccn5)c4C[C@H]3C[C@@H]12. The molecule has 6 atom stereocenters. The van der Waals surface area contributed by atoms with Crippen molar-refractivity contribution in [3.05, 3.63) is 58.9 Å². The van der Waals surface area contributed by atoms with E-state index >= 15 is 0 Å². The van der Waals surface area contributed by atoms with Crippen molar-refractivity contribution in [2.45, 2.75) is 25.4 Å². The van der Waals surface area contributed by atoms with Crippen molar-refractivity contribution in [3.8, 4) is 17.6 Å². The summed E-state index contributed by atoms with van der Waals surface area (Å²) in [5.41, 5.74) is 3.92. The molecule has 0 aliphatic heterocycles. The number of aliphatic hydroxyl groups is 1. The Morgan fingerprint density at radius 3 is 2.53 bits per heavy atom. The molecule has 2 unspecified atom stereocenters. The van der Waals surface area contributed by atoms with E-state index in [1.807, 2.05) is 0 Å². The van der Waals surface area contributed by atoms with Gasteiger partial charge in [0.05, 0.1) is 11.5 Å². The average Bonchev–Trinajstić information content (AvgIpc) is 2.84. The molecule has 0 radical (unpaired) electrons. The number of nitrogens with two attached hydrogens (primary N) is 1. The Labute approximate surface area is 205 Å². The molecule has 0 bridgehead atoms. The van der Waals surface area contributed by atoms with Crippen LogP contribution in [-0.2, 0) is 25.6 Å². The number of Topliss-reactive ketones (excluding diaryl/α,β-unsaturated/α-hetero) is 4. The van der Waals surface area contributed by atoms with Crippen LogP contribution < -0.4 is 5.73 Å². The molecule has 0 saturated heterocycles. The second kappa shape index (κ2) is 8.21. The highest BCUT2D eigenvalue weighted by molar-refractivity contribution is 6.31. The number of pyridine rings is 1. The lowest BCUT2D eigenvalue weighted by molar-refractivity contribution is -0.180. The highest BCUT2D eigenvalue weighted by atomic mass is 16.3. The minimum absolute atomic E-state index is 0.0188. The van der Waals surface area contributed by atoms with Crippen molar-refractivity contribution >= 4 is 29.0 Å². The molecule has 2 aromatic rings. The predicted octanol–water partition coefficient (Wildman–Crippen LogP) is 0.368. The summed E-state index contributed by atoms with van der Waals surface area (Å²) in [6, 6.07) is 8.13. The summed E-state index contributed by atoms with van der Waals surface area (Å²) < 4.78 is 0. The Kier molecular flexibility index (Phi) is 5.38. The normalized spacial score (nSPS) is 31.0. The number of carbonyl (C=O) groups excluding carboxylic acids is 5. The van der Waals surface area contributed by atoms with Gasteiger partial charge in [0.1, 0.15) is 11.4 Å². The Morgan fingerprint density at radius 1 is 1.11 bits per heavy atom. The molecule has 1 aromatic heterocycles. The first-order chi connectivity index (χ1) is 17.1. The average molecular weight is 486 g/mol. The molecule has 0 spiro atoms. The third-order valence-electron chi connectivity index (χ3n) is 7.76. The van der Waals surface area contributed by atoms with Crippen LogP contribution in [0.25, 0.3) is 0 Å². The topological polar surface area (TPSA) is 165 Å². The monoisotopic (exact) mass is 486 g/mol. The highest BCUT2D eigenvalue weighted by Gasteiger charge is 2.68. The minimum atomic E-state index is -2.69. The second-order valence-electron chi connectivity index (χ2n) is 9.62. The van der Waals surface area contributed by atoms with Gasteiger partial charge < -0.3 is 15.9 Å². The lowest BCUT2D eigenvalue weighted by Gasteiger charge is -2.50.